The second-order valence-electron chi connectivity index (χ2n) is 11.7. The summed E-state index contributed by atoms with van der Waals surface area (Å²) < 4.78 is 1.58. The number of hydrogen-bond donors (Lipinski definition) is 2. The first-order chi connectivity index (χ1) is 18.5. The molecule has 9 nitrogen and oxygen atoms in total. The number of carbonyl (C=O) groups is 1. The number of aliphatic hydroxyl groups is 1. The first-order valence-electron chi connectivity index (χ1n) is 14.3. The normalized spacial score (nSPS) is 27.3. The molecule has 2 aromatic rings. The van der Waals surface area contributed by atoms with E-state index in [9.17, 15) is 14.7 Å². The van der Waals surface area contributed by atoms with Crippen molar-refractivity contribution in [2.24, 2.45) is 5.41 Å². The van der Waals surface area contributed by atoms with Crippen molar-refractivity contribution >= 4 is 11.8 Å². The van der Waals surface area contributed by atoms with Crippen molar-refractivity contribution in [1.29, 1.82) is 0 Å². The first-order valence-corrected chi connectivity index (χ1v) is 14.3. The Morgan fingerprint density at radius 3 is 2.53 bits per heavy atom. The minimum atomic E-state index is -1.05. The Morgan fingerprint density at radius 1 is 1.03 bits per heavy atom. The van der Waals surface area contributed by atoms with Crippen LogP contribution in [0.1, 0.15) is 56.6 Å². The highest BCUT2D eigenvalue weighted by atomic mass is 16.3. The Kier molecular flexibility index (Phi) is 6.90. The molecule has 1 aromatic carbocycles. The lowest BCUT2D eigenvalue weighted by Gasteiger charge is -2.53. The van der Waals surface area contributed by atoms with E-state index in [2.05, 4.69) is 27.3 Å². The third kappa shape index (κ3) is 4.60. The van der Waals surface area contributed by atoms with Crippen LogP contribution in [0.3, 0.4) is 0 Å². The number of benzene rings is 1. The van der Waals surface area contributed by atoms with Gasteiger partial charge in [-0.2, -0.15) is 0 Å². The van der Waals surface area contributed by atoms with Crippen molar-refractivity contribution in [1.82, 2.24) is 24.7 Å². The molecule has 38 heavy (non-hydrogen) atoms. The van der Waals surface area contributed by atoms with Crippen molar-refractivity contribution in [2.45, 2.75) is 63.1 Å². The highest BCUT2D eigenvalue weighted by Gasteiger charge is 2.56. The molecule has 1 aliphatic carbocycles. The molecule has 9 heteroatoms. The second kappa shape index (κ2) is 10.3. The third-order valence-corrected chi connectivity index (χ3v) is 9.51. The summed E-state index contributed by atoms with van der Waals surface area (Å²) in [6, 6.07) is 11.9. The molecule has 0 radical (unpaired) electrons. The molecule has 1 spiro atoms. The number of rotatable bonds is 4. The molecule has 4 fully saturated rings. The van der Waals surface area contributed by atoms with Gasteiger partial charge in [0.25, 0.3) is 5.56 Å². The van der Waals surface area contributed by atoms with Gasteiger partial charge in [0.15, 0.2) is 0 Å². The molecule has 2 atom stereocenters. The number of carbonyl (C=O) groups excluding carboxylic acids is 1. The topological polar surface area (TPSA) is 93.9 Å². The monoisotopic (exact) mass is 520 g/mol. The summed E-state index contributed by atoms with van der Waals surface area (Å²) in [5.41, 5.74) is -0.442. The van der Waals surface area contributed by atoms with E-state index in [0.717, 1.165) is 76.1 Å². The first kappa shape index (κ1) is 25.4. The zero-order chi connectivity index (χ0) is 26.2. The summed E-state index contributed by atoms with van der Waals surface area (Å²) in [5, 5.41) is 15.6. The lowest BCUT2D eigenvalue weighted by Crippen LogP contribution is -2.64. The Labute approximate surface area is 224 Å². The number of nitrogens with zero attached hydrogens (tertiary/aromatic N) is 5. The number of urea groups is 1. The van der Waals surface area contributed by atoms with E-state index in [-0.39, 0.29) is 24.2 Å². The standard InChI is InChI=1S/C29H40N6O3/c36-26-18-25(32-14-6-7-15-32)31-22-34(26)21-29(38)12-16-33(20-28(29)10-4-5-11-28)27(37)35-17-13-30-19-24(35)23-8-2-1-3-9-23/h1-3,8-9,18,22,24,30,38H,4-7,10-17,19-21H2/t24-,29+/m0/s1. The van der Waals surface area contributed by atoms with Gasteiger partial charge in [0, 0.05) is 57.3 Å². The molecule has 0 bridgehead atoms. The van der Waals surface area contributed by atoms with E-state index in [4.69, 9.17) is 0 Å². The molecule has 2 N–H and O–H groups in total. The molecule has 0 unspecified atom stereocenters. The number of piperazine rings is 1. The zero-order valence-corrected chi connectivity index (χ0v) is 22.2. The summed E-state index contributed by atoms with van der Waals surface area (Å²) in [5.74, 6) is 0.732. The van der Waals surface area contributed by atoms with E-state index in [1.54, 1.807) is 17.0 Å². The molecule has 204 valence electrons. The van der Waals surface area contributed by atoms with Gasteiger partial charge in [-0.05, 0) is 37.7 Å². The fourth-order valence-electron chi connectivity index (χ4n) is 7.29. The van der Waals surface area contributed by atoms with Crippen LogP contribution in [0.15, 0.2) is 47.5 Å². The largest absolute Gasteiger partial charge is 0.387 e. The van der Waals surface area contributed by atoms with Crippen LogP contribution in [0, 0.1) is 5.41 Å². The lowest BCUT2D eigenvalue weighted by atomic mass is 9.66. The van der Waals surface area contributed by atoms with Gasteiger partial charge in [0.1, 0.15) is 5.82 Å². The Morgan fingerprint density at radius 2 is 1.79 bits per heavy atom. The van der Waals surface area contributed by atoms with Crippen LogP contribution in [0.5, 0.6) is 0 Å². The van der Waals surface area contributed by atoms with Crippen LogP contribution in [0.4, 0.5) is 10.6 Å². The molecular formula is C29H40N6O3. The van der Waals surface area contributed by atoms with Crippen molar-refractivity contribution in [3.63, 3.8) is 0 Å². The number of piperidine rings is 1. The minimum absolute atomic E-state index is 0.00318. The van der Waals surface area contributed by atoms with Gasteiger partial charge >= 0.3 is 6.03 Å². The Hall–Kier alpha value is -2.91. The second-order valence-corrected chi connectivity index (χ2v) is 11.7. The summed E-state index contributed by atoms with van der Waals surface area (Å²) in [4.78, 5) is 37.7. The minimum Gasteiger partial charge on any atom is -0.387 e. The molecule has 3 saturated heterocycles. The molecule has 2 amide bonds. The van der Waals surface area contributed by atoms with Crippen molar-refractivity contribution in [3.8, 4) is 0 Å². The molecule has 1 saturated carbocycles. The van der Waals surface area contributed by atoms with Crippen LogP contribution in [-0.4, -0.2) is 81.9 Å². The number of aromatic nitrogens is 2. The average molecular weight is 521 g/mol. The number of nitrogens with one attached hydrogen (secondary N) is 1. The highest BCUT2D eigenvalue weighted by molar-refractivity contribution is 5.75. The van der Waals surface area contributed by atoms with Gasteiger partial charge in [0.05, 0.1) is 24.5 Å². The molecule has 6 rings (SSSR count). The predicted octanol–water partition coefficient (Wildman–Crippen LogP) is 2.61. The molecule has 4 heterocycles. The van der Waals surface area contributed by atoms with Crippen LogP contribution in [0.25, 0.3) is 0 Å². The van der Waals surface area contributed by atoms with Crippen LogP contribution in [0.2, 0.25) is 0 Å². The fourth-order valence-corrected chi connectivity index (χ4v) is 7.29. The Bertz CT molecular complexity index is 1190. The molecule has 1 aromatic heterocycles. The van der Waals surface area contributed by atoms with Crippen molar-refractivity contribution in [2.75, 3.05) is 50.7 Å². The smallest absolute Gasteiger partial charge is 0.320 e. The maximum Gasteiger partial charge on any atom is 0.320 e. The van der Waals surface area contributed by atoms with Crippen molar-refractivity contribution < 1.29 is 9.90 Å². The van der Waals surface area contributed by atoms with Gasteiger partial charge in [-0.3, -0.25) is 9.36 Å². The maximum atomic E-state index is 13.9. The van der Waals surface area contributed by atoms with Crippen LogP contribution in [-0.2, 0) is 6.54 Å². The SMILES string of the molecule is O=C(N1CC[C@@](O)(Cn2cnc(N3CCCC3)cc2=O)C2(CCCC2)C1)N1CCNC[C@H]1c1ccccc1. The lowest BCUT2D eigenvalue weighted by molar-refractivity contribution is -0.137. The van der Waals surface area contributed by atoms with Gasteiger partial charge in [0.2, 0.25) is 0 Å². The fraction of sp³-hybridized carbons (Fsp3) is 0.621. The summed E-state index contributed by atoms with van der Waals surface area (Å²) in [7, 11) is 0. The molecule has 4 aliphatic rings. The molecule has 3 aliphatic heterocycles. The van der Waals surface area contributed by atoms with E-state index in [1.165, 1.54) is 0 Å². The van der Waals surface area contributed by atoms with Crippen LogP contribution >= 0.6 is 0 Å². The quantitative estimate of drug-likeness (QED) is 0.644. The van der Waals surface area contributed by atoms with E-state index in [0.29, 0.717) is 26.1 Å². The summed E-state index contributed by atoms with van der Waals surface area (Å²) in [6.45, 7) is 5.29. The van der Waals surface area contributed by atoms with E-state index >= 15 is 0 Å². The zero-order valence-electron chi connectivity index (χ0n) is 22.2. The number of anilines is 1. The van der Waals surface area contributed by atoms with Gasteiger partial charge in [-0.25, -0.2) is 9.78 Å². The van der Waals surface area contributed by atoms with Gasteiger partial charge < -0.3 is 25.1 Å². The van der Waals surface area contributed by atoms with E-state index < -0.39 is 11.0 Å². The van der Waals surface area contributed by atoms with Crippen molar-refractivity contribution in [3.05, 3.63) is 58.6 Å². The maximum absolute atomic E-state index is 13.9. The molecular weight excluding hydrogens is 480 g/mol. The van der Waals surface area contributed by atoms with Crippen LogP contribution < -0.4 is 15.8 Å². The predicted molar refractivity (Wildman–Crippen MR) is 146 cm³/mol. The number of hydrogen-bond acceptors (Lipinski definition) is 6. The average Bonchev–Trinajstić information content (AvgIpc) is 3.66. The summed E-state index contributed by atoms with van der Waals surface area (Å²) in [6.07, 6.45) is 8.12. The number of amides is 2. The Balaban J connectivity index is 1.21. The van der Waals surface area contributed by atoms with Gasteiger partial charge in [-0.15, -0.1) is 0 Å². The van der Waals surface area contributed by atoms with E-state index in [1.807, 2.05) is 28.0 Å². The highest BCUT2D eigenvalue weighted by Crippen LogP contribution is 2.51. The van der Waals surface area contributed by atoms with Gasteiger partial charge in [-0.1, -0.05) is 43.2 Å². The summed E-state index contributed by atoms with van der Waals surface area (Å²) >= 11 is 0. The third-order valence-electron chi connectivity index (χ3n) is 9.51. The number of likely N-dealkylation sites (tertiary alicyclic amines) is 1.